The smallest absolute Gasteiger partial charge is 0.327 e. The number of esters is 1. The molecule has 2 fully saturated rings. The van der Waals surface area contributed by atoms with Crippen LogP contribution in [0.1, 0.15) is 43.9 Å². The van der Waals surface area contributed by atoms with Crippen LogP contribution in [0.3, 0.4) is 0 Å². The lowest BCUT2D eigenvalue weighted by atomic mass is 9.76. The van der Waals surface area contributed by atoms with Gasteiger partial charge in [0.05, 0.1) is 24.1 Å². The van der Waals surface area contributed by atoms with Gasteiger partial charge < -0.3 is 4.74 Å². The fraction of sp³-hybridized carbons (Fsp3) is 0.400. The van der Waals surface area contributed by atoms with Gasteiger partial charge in [0.2, 0.25) is 11.8 Å². The van der Waals surface area contributed by atoms with Crippen molar-refractivity contribution in [3.05, 3.63) is 65.5 Å². The van der Waals surface area contributed by atoms with Crippen LogP contribution in [0.25, 0.3) is 0 Å². The van der Waals surface area contributed by atoms with E-state index in [0.29, 0.717) is 18.5 Å². The summed E-state index contributed by atoms with van der Waals surface area (Å²) in [6.45, 7) is 5.75. The van der Waals surface area contributed by atoms with E-state index in [2.05, 4.69) is 5.32 Å². The van der Waals surface area contributed by atoms with E-state index >= 15 is 0 Å². The van der Waals surface area contributed by atoms with Gasteiger partial charge in [-0.05, 0) is 55.7 Å². The number of nitrogens with zero attached hydrogens (tertiary/aromatic N) is 1. The highest BCUT2D eigenvalue weighted by Crippen LogP contribution is 2.52. The molecular formula is C25H27FN2O4. The molecule has 32 heavy (non-hydrogen) atoms. The molecule has 6 nitrogen and oxygen atoms in total. The zero-order chi connectivity index (χ0) is 23.0. The van der Waals surface area contributed by atoms with Crippen molar-refractivity contribution in [3.63, 3.8) is 0 Å². The van der Waals surface area contributed by atoms with E-state index < -0.39 is 47.0 Å². The van der Waals surface area contributed by atoms with Crippen molar-refractivity contribution in [3.8, 4) is 0 Å². The number of anilines is 1. The van der Waals surface area contributed by atoms with Gasteiger partial charge in [-0.2, -0.15) is 0 Å². The van der Waals surface area contributed by atoms with Crippen molar-refractivity contribution in [2.45, 2.75) is 45.2 Å². The summed E-state index contributed by atoms with van der Waals surface area (Å²) in [5.74, 6) is -3.52. The molecule has 0 bridgehead atoms. The molecule has 0 aliphatic carbocycles. The van der Waals surface area contributed by atoms with Crippen molar-refractivity contribution >= 4 is 23.5 Å². The number of fused-ring (bicyclic) bond motifs is 1. The SMILES string of the molecule is CCC[C@@]1(C(=O)OCC)N[C@@H](c2ccccc2C)[C@H]2C(=O)N(c3ccc(F)cc3)C(=O)[C@H]21. The quantitative estimate of drug-likeness (QED) is 0.550. The van der Waals surface area contributed by atoms with Crippen LogP contribution in [-0.2, 0) is 19.1 Å². The van der Waals surface area contributed by atoms with E-state index in [0.717, 1.165) is 16.0 Å². The number of hydrogen-bond acceptors (Lipinski definition) is 5. The minimum atomic E-state index is -1.32. The fourth-order valence-electron chi connectivity index (χ4n) is 5.22. The molecule has 2 saturated heterocycles. The minimum Gasteiger partial charge on any atom is -0.465 e. The summed E-state index contributed by atoms with van der Waals surface area (Å²) in [6.07, 6.45) is 0.971. The number of aryl methyl sites for hydroxylation is 1. The van der Waals surface area contributed by atoms with Crippen LogP contribution < -0.4 is 10.2 Å². The van der Waals surface area contributed by atoms with Gasteiger partial charge >= 0.3 is 5.97 Å². The Bertz CT molecular complexity index is 1050. The van der Waals surface area contributed by atoms with Gasteiger partial charge in [-0.25, -0.2) is 9.29 Å². The van der Waals surface area contributed by atoms with Crippen molar-refractivity contribution in [2.24, 2.45) is 11.8 Å². The average Bonchev–Trinajstić information content (AvgIpc) is 3.24. The Morgan fingerprint density at radius 2 is 1.78 bits per heavy atom. The highest BCUT2D eigenvalue weighted by atomic mass is 19.1. The summed E-state index contributed by atoms with van der Waals surface area (Å²) in [5.41, 5.74) is 0.810. The van der Waals surface area contributed by atoms with Gasteiger partial charge in [-0.15, -0.1) is 0 Å². The number of halogens is 1. The van der Waals surface area contributed by atoms with Gasteiger partial charge in [0.15, 0.2) is 0 Å². The van der Waals surface area contributed by atoms with Crippen molar-refractivity contribution in [1.82, 2.24) is 5.32 Å². The molecule has 168 valence electrons. The molecule has 1 N–H and O–H groups in total. The number of imide groups is 1. The molecule has 4 atom stereocenters. The summed E-state index contributed by atoms with van der Waals surface area (Å²) in [6, 6.07) is 12.4. The molecule has 2 aliphatic rings. The first kappa shape index (κ1) is 22.1. The molecule has 2 amide bonds. The number of benzene rings is 2. The van der Waals surface area contributed by atoms with E-state index in [1.807, 2.05) is 38.1 Å². The van der Waals surface area contributed by atoms with E-state index in [1.165, 1.54) is 24.3 Å². The van der Waals surface area contributed by atoms with Crippen molar-refractivity contribution in [1.29, 1.82) is 0 Å². The summed E-state index contributed by atoms with van der Waals surface area (Å²) in [5, 5.41) is 3.39. The Morgan fingerprint density at radius 1 is 1.09 bits per heavy atom. The molecule has 7 heteroatoms. The number of hydrogen-bond donors (Lipinski definition) is 1. The van der Waals surface area contributed by atoms with Crippen LogP contribution in [-0.4, -0.2) is 29.9 Å². The van der Waals surface area contributed by atoms with Gasteiger partial charge in [0.25, 0.3) is 0 Å². The second kappa shape index (κ2) is 8.47. The number of carbonyl (C=O) groups is 3. The van der Waals surface area contributed by atoms with Crippen molar-refractivity contribution < 1.29 is 23.5 Å². The molecule has 0 unspecified atom stereocenters. The predicted octanol–water partition coefficient (Wildman–Crippen LogP) is 3.69. The number of amides is 2. The topological polar surface area (TPSA) is 75.7 Å². The standard InChI is InChI=1S/C25H27FN2O4/c1-4-14-25(24(31)32-5-2)20-19(21(27-25)18-9-7-6-8-15(18)3)22(29)28(23(20)30)17-12-10-16(26)11-13-17/h6-13,19-21,27H,4-5,14H2,1-3H3/t19-,20-,21-,25+/m0/s1. The fourth-order valence-corrected chi connectivity index (χ4v) is 5.22. The molecule has 4 rings (SSSR count). The molecule has 0 radical (unpaired) electrons. The third-order valence-corrected chi connectivity index (χ3v) is 6.55. The minimum absolute atomic E-state index is 0.169. The van der Waals surface area contributed by atoms with E-state index in [9.17, 15) is 18.8 Å². The summed E-state index contributed by atoms with van der Waals surface area (Å²) < 4.78 is 18.9. The first-order valence-electron chi connectivity index (χ1n) is 11.0. The Balaban J connectivity index is 1.87. The molecular weight excluding hydrogens is 411 g/mol. The number of carbonyl (C=O) groups excluding carboxylic acids is 3. The largest absolute Gasteiger partial charge is 0.465 e. The van der Waals surface area contributed by atoms with Crippen LogP contribution in [0, 0.1) is 24.6 Å². The maximum atomic E-state index is 13.7. The maximum Gasteiger partial charge on any atom is 0.327 e. The van der Waals surface area contributed by atoms with Gasteiger partial charge in [0, 0.05) is 6.04 Å². The molecule has 0 spiro atoms. The van der Waals surface area contributed by atoms with Gasteiger partial charge in [-0.1, -0.05) is 37.6 Å². The molecule has 2 aromatic rings. The maximum absolute atomic E-state index is 13.7. The third kappa shape index (κ3) is 3.32. The Labute approximate surface area is 186 Å². The number of nitrogens with one attached hydrogen (secondary N) is 1. The first-order valence-corrected chi connectivity index (χ1v) is 11.0. The van der Waals surface area contributed by atoms with Gasteiger partial charge in [0.1, 0.15) is 11.4 Å². The highest BCUT2D eigenvalue weighted by molar-refractivity contribution is 6.24. The Hall–Kier alpha value is -3.06. The summed E-state index contributed by atoms with van der Waals surface area (Å²) >= 11 is 0. The normalized spacial score (nSPS) is 27.0. The number of ether oxygens (including phenoxy) is 1. The molecule has 2 aromatic carbocycles. The summed E-state index contributed by atoms with van der Waals surface area (Å²) in [4.78, 5) is 41.8. The average molecular weight is 438 g/mol. The predicted molar refractivity (Wildman–Crippen MR) is 117 cm³/mol. The Kier molecular flexibility index (Phi) is 5.86. The van der Waals surface area contributed by atoms with Gasteiger partial charge in [-0.3, -0.25) is 19.7 Å². The highest BCUT2D eigenvalue weighted by Gasteiger charge is 2.68. The van der Waals surface area contributed by atoms with Crippen LogP contribution in [0.2, 0.25) is 0 Å². The molecule has 2 heterocycles. The monoisotopic (exact) mass is 438 g/mol. The third-order valence-electron chi connectivity index (χ3n) is 6.55. The second-order valence-corrected chi connectivity index (χ2v) is 8.41. The van der Waals surface area contributed by atoms with E-state index in [4.69, 9.17) is 4.74 Å². The second-order valence-electron chi connectivity index (χ2n) is 8.41. The molecule has 0 saturated carbocycles. The zero-order valence-electron chi connectivity index (χ0n) is 18.4. The van der Waals surface area contributed by atoms with Crippen LogP contribution in [0.15, 0.2) is 48.5 Å². The molecule has 0 aromatic heterocycles. The lowest BCUT2D eigenvalue weighted by molar-refractivity contribution is -0.155. The van der Waals surface area contributed by atoms with Crippen LogP contribution in [0.5, 0.6) is 0 Å². The van der Waals surface area contributed by atoms with Crippen molar-refractivity contribution in [2.75, 3.05) is 11.5 Å². The van der Waals surface area contributed by atoms with Crippen LogP contribution >= 0.6 is 0 Å². The lowest BCUT2D eigenvalue weighted by Gasteiger charge is -2.32. The zero-order valence-corrected chi connectivity index (χ0v) is 18.4. The van der Waals surface area contributed by atoms with E-state index in [1.54, 1.807) is 6.92 Å². The van der Waals surface area contributed by atoms with E-state index in [-0.39, 0.29) is 6.61 Å². The first-order chi connectivity index (χ1) is 15.4. The lowest BCUT2D eigenvalue weighted by Crippen LogP contribution is -2.56. The summed E-state index contributed by atoms with van der Waals surface area (Å²) in [7, 11) is 0. The molecule has 2 aliphatic heterocycles. The van der Waals surface area contributed by atoms with Crippen LogP contribution in [0.4, 0.5) is 10.1 Å². The Morgan fingerprint density at radius 3 is 2.41 bits per heavy atom. The number of rotatable bonds is 6.